The Balaban J connectivity index is 1.71. The highest BCUT2D eigenvalue weighted by atomic mass is 19.3. The minimum atomic E-state index is -3.05. The zero-order chi connectivity index (χ0) is 26.9. The van der Waals surface area contributed by atoms with Gasteiger partial charge in [-0.25, -0.2) is 8.78 Å². The molecule has 1 aliphatic heterocycles. The maximum Gasteiger partial charge on any atom is 0.387 e. The summed E-state index contributed by atoms with van der Waals surface area (Å²) in [7, 11) is 2.72. The lowest BCUT2D eigenvalue weighted by Crippen LogP contribution is -2.44. The third kappa shape index (κ3) is 5.13. The second-order valence-electron chi connectivity index (χ2n) is 8.22. The van der Waals surface area contributed by atoms with E-state index in [1.165, 1.54) is 49.2 Å². The molecule has 0 radical (unpaired) electrons. The van der Waals surface area contributed by atoms with Crippen molar-refractivity contribution < 1.29 is 36.6 Å². The van der Waals surface area contributed by atoms with Gasteiger partial charge in [-0.3, -0.25) is 14.4 Å². The lowest BCUT2D eigenvalue weighted by molar-refractivity contribution is -0.118. The molecule has 2 amide bonds. The van der Waals surface area contributed by atoms with E-state index in [4.69, 9.17) is 4.74 Å². The number of aromatic nitrogens is 1. The molecule has 1 N–H and O–H groups in total. The van der Waals surface area contributed by atoms with Gasteiger partial charge >= 0.3 is 6.61 Å². The molecule has 194 valence electrons. The summed E-state index contributed by atoms with van der Waals surface area (Å²) in [6, 6.07) is 8.04. The third-order valence-corrected chi connectivity index (χ3v) is 6.00. The molecule has 1 saturated heterocycles. The molecule has 1 fully saturated rings. The van der Waals surface area contributed by atoms with Crippen LogP contribution in [0.4, 0.5) is 23.2 Å². The number of anilines is 1. The van der Waals surface area contributed by atoms with E-state index in [1.54, 1.807) is 0 Å². The van der Waals surface area contributed by atoms with Crippen LogP contribution < -0.4 is 25.2 Å². The van der Waals surface area contributed by atoms with Crippen LogP contribution in [0.1, 0.15) is 21.8 Å². The Morgan fingerprint density at radius 3 is 2.30 bits per heavy atom. The Hall–Kier alpha value is -4.35. The fourth-order valence-electron chi connectivity index (χ4n) is 4.20. The Bertz CT molecular complexity index is 1370. The first-order chi connectivity index (χ1) is 17.6. The molecule has 2 aromatic carbocycles. The standard InChI is InChI=1S/C25H21F4N3O5/c1-31-9-3-4-19(23(31)34)32-12-16(20-17(26)10-15(36-2)11-18(20)27)21(24(32)35)30-22(33)13-5-7-14(8-6-13)37-25(28)29/h3-11,16,21,25H,12H2,1-2H3,(H,30,33)/t16-,21?/m0/s1. The first-order valence-electron chi connectivity index (χ1n) is 11.0. The highest BCUT2D eigenvalue weighted by Gasteiger charge is 2.45. The molecule has 2 atom stereocenters. The third-order valence-electron chi connectivity index (χ3n) is 6.00. The van der Waals surface area contributed by atoms with Gasteiger partial charge in [0, 0.05) is 49.0 Å². The number of amides is 2. The number of carbonyl (C=O) groups excluding carboxylic acids is 2. The molecule has 1 aromatic heterocycles. The smallest absolute Gasteiger partial charge is 0.387 e. The van der Waals surface area contributed by atoms with E-state index in [0.29, 0.717) is 0 Å². The van der Waals surface area contributed by atoms with Crippen molar-refractivity contribution in [2.45, 2.75) is 18.6 Å². The van der Waals surface area contributed by atoms with Crippen LogP contribution in [-0.4, -0.2) is 42.7 Å². The Morgan fingerprint density at radius 1 is 1.05 bits per heavy atom. The Labute approximate surface area is 208 Å². The molecule has 1 unspecified atom stereocenters. The van der Waals surface area contributed by atoms with E-state index < -0.39 is 53.1 Å². The molecule has 1 aliphatic rings. The van der Waals surface area contributed by atoms with E-state index in [1.807, 2.05) is 0 Å². The number of methoxy groups -OCH3 is 1. The van der Waals surface area contributed by atoms with Crippen LogP contribution in [0.25, 0.3) is 0 Å². The number of halogens is 4. The van der Waals surface area contributed by atoms with Gasteiger partial charge in [-0.2, -0.15) is 8.78 Å². The molecule has 0 saturated carbocycles. The highest BCUT2D eigenvalue weighted by molar-refractivity contribution is 6.05. The molecule has 0 bridgehead atoms. The van der Waals surface area contributed by atoms with E-state index >= 15 is 8.78 Å². The number of hydrogen-bond acceptors (Lipinski definition) is 5. The summed E-state index contributed by atoms with van der Waals surface area (Å²) in [5, 5.41) is 2.48. The number of alkyl halides is 2. The summed E-state index contributed by atoms with van der Waals surface area (Å²) in [6.45, 7) is -3.35. The van der Waals surface area contributed by atoms with Crippen LogP contribution in [0.5, 0.6) is 11.5 Å². The minimum absolute atomic E-state index is 0.0158. The minimum Gasteiger partial charge on any atom is -0.497 e. The normalized spacial score (nSPS) is 17.3. The number of nitrogens with zero attached hydrogens (tertiary/aromatic N) is 2. The van der Waals surface area contributed by atoms with Crippen LogP contribution in [0.15, 0.2) is 59.5 Å². The van der Waals surface area contributed by atoms with Gasteiger partial charge in [-0.1, -0.05) is 0 Å². The topological polar surface area (TPSA) is 89.9 Å². The summed E-state index contributed by atoms with van der Waals surface area (Å²) < 4.78 is 65.2. The molecule has 37 heavy (non-hydrogen) atoms. The maximum atomic E-state index is 15.0. The van der Waals surface area contributed by atoms with Gasteiger partial charge in [-0.05, 0) is 36.4 Å². The summed E-state index contributed by atoms with van der Waals surface area (Å²) in [6.07, 6.45) is 1.48. The number of nitrogens with one attached hydrogen (secondary N) is 1. The summed E-state index contributed by atoms with van der Waals surface area (Å²) in [4.78, 5) is 40.1. The molecule has 3 aromatic rings. The van der Waals surface area contributed by atoms with Crippen LogP contribution in [0.3, 0.4) is 0 Å². The summed E-state index contributed by atoms with van der Waals surface area (Å²) >= 11 is 0. The van der Waals surface area contributed by atoms with E-state index in [2.05, 4.69) is 10.1 Å². The van der Waals surface area contributed by atoms with Gasteiger partial charge in [-0.15, -0.1) is 0 Å². The number of ether oxygens (including phenoxy) is 2. The summed E-state index contributed by atoms with van der Waals surface area (Å²) in [5.74, 6) is -5.03. The van der Waals surface area contributed by atoms with Crippen molar-refractivity contribution in [3.05, 3.63) is 87.8 Å². The molecular weight excluding hydrogens is 498 g/mol. The monoisotopic (exact) mass is 519 g/mol. The summed E-state index contributed by atoms with van der Waals surface area (Å²) in [5.41, 5.74) is -1.03. The van der Waals surface area contributed by atoms with Crippen LogP contribution in [0.2, 0.25) is 0 Å². The van der Waals surface area contributed by atoms with Gasteiger partial charge in [0.05, 0.1) is 7.11 Å². The van der Waals surface area contributed by atoms with Crippen LogP contribution >= 0.6 is 0 Å². The van der Waals surface area contributed by atoms with Crippen LogP contribution in [0, 0.1) is 11.6 Å². The Morgan fingerprint density at radius 2 is 1.70 bits per heavy atom. The number of aryl methyl sites for hydroxylation is 1. The van der Waals surface area contributed by atoms with E-state index in [-0.39, 0.29) is 29.3 Å². The first-order valence-corrected chi connectivity index (χ1v) is 11.0. The molecular formula is C25H21F4N3O5. The van der Waals surface area contributed by atoms with Gasteiger partial charge < -0.3 is 24.3 Å². The molecule has 2 heterocycles. The van der Waals surface area contributed by atoms with Crippen molar-refractivity contribution in [1.82, 2.24) is 9.88 Å². The number of pyridine rings is 1. The number of benzene rings is 2. The Kier molecular flexibility index (Phi) is 7.18. The second kappa shape index (κ2) is 10.3. The largest absolute Gasteiger partial charge is 0.497 e. The van der Waals surface area contributed by atoms with Crippen molar-refractivity contribution >= 4 is 17.5 Å². The van der Waals surface area contributed by atoms with Crippen molar-refractivity contribution in [3.8, 4) is 11.5 Å². The van der Waals surface area contributed by atoms with Gasteiger partial charge in [0.1, 0.15) is 34.9 Å². The fraction of sp³-hybridized carbons (Fsp3) is 0.240. The van der Waals surface area contributed by atoms with Gasteiger partial charge in [0.2, 0.25) is 5.91 Å². The molecule has 12 heteroatoms. The number of rotatable bonds is 7. The maximum absolute atomic E-state index is 15.0. The molecule has 0 spiro atoms. The van der Waals surface area contributed by atoms with E-state index in [0.717, 1.165) is 29.2 Å². The predicted molar refractivity (Wildman–Crippen MR) is 124 cm³/mol. The molecule has 0 aliphatic carbocycles. The van der Waals surface area contributed by atoms with Crippen LogP contribution in [-0.2, 0) is 11.8 Å². The average molecular weight is 519 g/mol. The lowest BCUT2D eigenvalue weighted by Gasteiger charge is -2.20. The predicted octanol–water partition coefficient (Wildman–Crippen LogP) is 3.20. The van der Waals surface area contributed by atoms with Gasteiger partial charge in [0.25, 0.3) is 11.5 Å². The van der Waals surface area contributed by atoms with Crippen molar-refractivity contribution in [2.24, 2.45) is 7.05 Å². The SMILES string of the molecule is COc1cc(F)c([C@@H]2CN(c3cccn(C)c3=O)C(=O)C2NC(=O)c2ccc(OC(F)F)cc2)c(F)c1. The lowest BCUT2D eigenvalue weighted by atomic mass is 9.92. The first kappa shape index (κ1) is 25.7. The zero-order valence-corrected chi connectivity index (χ0v) is 19.6. The highest BCUT2D eigenvalue weighted by Crippen LogP contribution is 2.36. The zero-order valence-electron chi connectivity index (χ0n) is 19.6. The van der Waals surface area contributed by atoms with E-state index in [9.17, 15) is 23.2 Å². The second-order valence-corrected chi connectivity index (χ2v) is 8.22. The van der Waals surface area contributed by atoms with Gasteiger partial charge in [0.15, 0.2) is 0 Å². The van der Waals surface area contributed by atoms with Crippen molar-refractivity contribution in [1.29, 1.82) is 0 Å². The number of carbonyl (C=O) groups is 2. The number of hydrogen-bond donors (Lipinski definition) is 1. The van der Waals surface area contributed by atoms with Crippen molar-refractivity contribution in [3.63, 3.8) is 0 Å². The quantitative estimate of drug-likeness (QED) is 0.485. The molecule has 8 nitrogen and oxygen atoms in total. The fourth-order valence-corrected chi connectivity index (χ4v) is 4.20. The van der Waals surface area contributed by atoms with Crippen molar-refractivity contribution in [2.75, 3.05) is 18.6 Å². The average Bonchev–Trinajstić information content (AvgIpc) is 3.15. The molecule has 4 rings (SSSR count).